The normalized spacial score (nSPS) is 14.1. The van der Waals surface area contributed by atoms with E-state index in [1.807, 2.05) is 4.90 Å². The van der Waals surface area contributed by atoms with E-state index in [0.717, 1.165) is 12.8 Å². The third kappa shape index (κ3) is 2.50. The maximum absolute atomic E-state index is 10.9. The van der Waals surface area contributed by atoms with Gasteiger partial charge in [-0.3, -0.25) is 10.1 Å². The van der Waals surface area contributed by atoms with Crippen LogP contribution in [0.1, 0.15) is 19.3 Å². The molecule has 1 aromatic heterocycles. The van der Waals surface area contributed by atoms with E-state index in [0.29, 0.717) is 24.8 Å². The maximum Gasteiger partial charge on any atom is 0.311 e. The van der Waals surface area contributed by atoms with Crippen LogP contribution in [0.15, 0.2) is 18.3 Å². The van der Waals surface area contributed by atoms with Crippen molar-refractivity contribution in [2.45, 2.75) is 25.3 Å². The Morgan fingerprint density at radius 1 is 1.65 bits per heavy atom. The molecule has 1 fully saturated rings. The minimum absolute atomic E-state index is 0.0114. The fraction of sp³-hybridized carbons (Fsp3) is 0.455. The van der Waals surface area contributed by atoms with Crippen LogP contribution < -0.4 is 4.90 Å². The number of aromatic nitrogens is 1. The molecule has 0 aliphatic heterocycles. The van der Waals surface area contributed by atoms with Crippen LogP contribution in [-0.4, -0.2) is 22.5 Å². The van der Waals surface area contributed by atoms with Crippen LogP contribution in [0.5, 0.6) is 0 Å². The van der Waals surface area contributed by atoms with E-state index in [-0.39, 0.29) is 5.69 Å². The number of hydrogen-bond acceptors (Lipinski definition) is 5. The summed E-state index contributed by atoms with van der Waals surface area (Å²) in [5.41, 5.74) is 0.0114. The molecule has 0 aromatic carbocycles. The molecule has 2 rings (SSSR count). The number of nitrogens with zero attached hydrogens (tertiary/aromatic N) is 4. The average Bonchev–Trinajstić information content (AvgIpc) is 3.14. The molecule has 6 heteroatoms. The van der Waals surface area contributed by atoms with Gasteiger partial charge in [0.1, 0.15) is 0 Å². The summed E-state index contributed by atoms with van der Waals surface area (Å²) in [6.45, 7) is 0.499. The second-order valence-corrected chi connectivity index (χ2v) is 3.94. The van der Waals surface area contributed by atoms with Crippen LogP contribution in [0.3, 0.4) is 0 Å². The van der Waals surface area contributed by atoms with E-state index in [9.17, 15) is 10.1 Å². The van der Waals surface area contributed by atoms with Crippen LogP contribution in [0.4, 0.5) is 11.5 Å². The Bertz CT molecular complexity index is 465. The van der Waals surface area contributed by atoms with Gasteiger partial charge in [0.15, 0.2) is 0 Å². The first kappa shape index (κ1) is 11.3. The van der Waals surface area contributed by atoms with Crippen molar-refractivity contribution in [1.82, 2.24) is 4.98 Å². The lowest BCUT2D eigenvalue weighted by atomic mass is 10.3. The van der Waals surface area contributed by atoms with Crippen molar-refractivity contribution in [3.63, 3.8) is 0 Å². The van der Waals surface area contributed by atoms with Gasteiger partial charge in [-0.05, 0) is 18.9 Å². The number of anilines is 1. The van der Waals surface area contributed by atoms with Crippen molar-refractivity contribution in [1.29, 1.82) is 5.26 Å². The zero-order valence-corrected chi connectivity index (χ0v) is 9.24. The lowest BCUT2D eigenvalue weighted by Crippen LogP contribution is -2.28. The third-order valence-electron chi connectivity index (χ3n) is 2.69. The van der Waals surface area contributed by atoms with Crippen LogP contribution in [0.2, 0.25) is 0 Å². The highest BCUT2D eigenvalue weighted by Gasteiger charge is 2.33. The lowest BCUT2D eigenvalue weighted by Gasteiger charge is -2.21. The molecule has 1 aromatic rings. The highest BCUT2D eigenvalue weighted by Crippen LogP contribution is 2.35. The molecule has 1 saturated carbocycles. The van der Waals surface area contributed by atoms with Crippen molar-refractivity contribution in [3.05, 3.63) is 28.4 Å². The Labute approximate surface area is 98.6 Å². The summed E-state index contributed by atoms with van der Waals surface area (Å²) in [5.74, 6) is 0.384. The zero-order chi connectivity index (χ0) is 12.3. The Hall–Kier alpha value is -2.16. The fourth-order valence-corrected chi connectivity index (χ4v) is 1.77. The largest absolute Gasteiger partial charge is 0.347 e. The fourth-order valence-electron chi connectivity index (χ4n) is 1.77. The molecule has 88 valence electrons. The summed E-state index contributed by atoms with van der Waals surface area (Å²) in [6.07, 6.45) is 3.92. The molecule has 0 N–H and O–H groups in total. The molecule has 6 nitrogen and oxygen atoms in total. The monoisotopic (exact) mass is 232 g/mol. The van der Waals surface area contributed by atoms with Gasteiger partial charge in [-0.1, -0.05) is 0 Å². The van der Waals surface area contributed by atoms with Gasteiger partial charge in [0.25, 0.3) is 0 Å². The molecule has 0 saturated heterocycles. The van der Waals surface area contributed by atoms with E-state index < -0.39 is 4.92 Å². The molecule has 17 heavy (non-hydrogen) atoms. The van der Waals surface area contributed by atoms with Crippen LogP contribution in [-0.2, 0) is 0 Å². The summed E-state index contributed by atoms with van der Waals surface area (Å²) in [6, 6.07) is 5.36. The topological polar surface area (TPSA) is 83.1 Å². The van der Waals surface area contributed by atoms with E-state index in [2.05, 4.69) is 11.1 Å². The van der Waals surface area contributed by atoms with Crippen molar-refractivity contribution < 1.29 is 4.92 Å². The lowest BCUT2D eigenvalue weighted by molar-refractivity contribution is -0.384. The second-order valence-electron chi connectivity index (χ2n) is 3.94. The van der Waals surface area contributed by atoms with Crippen LogP contribution in [0, 0.1) is 21.4 Å². The zero-order valence-electron chi connectivity index (χ0n) is 9.24. The predicted molar refractivity (Wildman–Crippen MR) is 61.5 cm³/mol. The molecule has 0 radical (unpaired) electrons. The smallest absolute Gasteiger partial charge is 0.311 e. The van der Waals surface area contributed by atoms with Gasteiger partial charge in [-0.2, -0.15) is 5.26 Å². The molecule has 0 spiro atoms. The molecule has 0 unspecified atom stereocenters. The number of nitriles is 1. The highest BCUT2D eigenvalue weighted by molar-refractivity contribution is 5.58. The average molecular weight is 232 g/mol. The summed E-state index contributed by atoms with van der Waals surface area (Å²) >= 11 is 0. The Morgan fingerprint density at radius 3 is 3.00 bits per heavy atom. The summed E-state index contributed by atoms with van der Waals surface area (Å²) in [7, 11) is 0. The minimum Gasteiger partial charge on any atom is -0.347 e. The van der Waals surface area contributed by atoms with Crippen molar-refractivity contribution in [2.75, 3.05) is 11.4 Å². The van der Waals surface area contributed by atoms with Crippen LogP contribution >= 0.6 is 0 Å². The molecular formula is C11H12N4O2. The summed E-state index contributed by atoms with van der Waals surface area (Å²) < 4.78 is 0. The van der Waals surface area contributed by atoms with Gasteiger partial charge < -0.3 is 4.90 Å². The maximum atomic E-state index is 10.9. The van der Waals surface area contributed by atoms with Gasteiger partial charge in [-0.25, -0.2) is 4.98 Å². The van der Waals surface area contributed by atoms with E-state index in [1.54, 1.807) is 12.3 Å². The molecule has 1 aliphatic carbocycles. The first-order valence-corrected chi connectivity index (χ1v) is 5.47. The number of rotatable bonds is 5. The third-order valence-corrected chi connectivity index (χ3v) is 2.69. The second kappa shape index (κ2) is 4.78. The van der Waals surface area contributed by atoms with Crippen LogP contribution in [0.25, 0.3) is 0 Å². The Balaban J connectivity index is 2.29. The van der Waals surface area contributed by atoms with Gasteiger partial charge in [-0.15, -0.1) is 0 Å². The summed E-state index contributed by atoms with van der Waals surface area (Å²) in [5, 5.41) is 19.5. The van der Waals surface area contributed by atoms with Gasteiger partial charge in [0, 0.05) is 24.8 Å². The van der Waals surface area contributed by atoms with Gasteiger partial charge >= 0.3 is 5.69 Å². The first-order valence-electron chi connectivity index (χ1n) is 5.47. The first-order chi connectivity index (χ1) is 8.24. The van der Waals surface area contributed by atoms with E-state index in [4.69, 9.17) is 5.26 Å². The van der Waals surface area contributed by atoms with Gasteiger partial charge in [0.2, 0.25) is 5.82 Å². The molecule has 0 atom stereocenters. The Kier molecular flexibility index (Phi) is 3.19. The minimum atomic E-state index is -0.427. The molecule has 1 heterocycles. The molecule has 0 bridgehead atoms. The molecular weight excluding hydrogens is 220 g/mol. The van der Waals surface area contributed by atoms with Crippen molar-refractivity contribution >= 4 is 11.5 Å². The van der Waals surface area contributed by atoms with Crippen molar-refractivity contribution in [2.24, 2.45) is 0 Å². The van der Waals surface area contributed by atoms with Gasteiger partial charge in [0.05, 0.1) is 17.4 Å². The highest BCUT2D eigenvalue weighted by atomic mass is 16.6. The number of nitro groups is 1. The van der Waals surface area contributed by atoms with Crippen molar-refractivity contribution in [3.8, 4) is 6.07 Å². The SMILES string of the molecule is N#CCCN(c1ncccc1[N+](=O)[O-])C1CC1. The Morgan fingerprint density at radius 2 is 2.41 bits per heavy atom. The molecule has 1 aliphatic rings. The summed E-state index contributed by atoms with van der Waals surface area (Å²) in [4.78, 5) is 16.5. The molecule has 0 amide bonds. The van der Waals surface area contributed by atoms with E-state index >= 15 is 0 Å². The van der Waals surface area contributed by atoms with E-state index in [1.165, 1.54) is 6.07 Å². The standard InChI is InChI=1S/C11H12N4O2/c12-6-2-8-14(9-4-5-9)11-10(15(16)17)3-1-7-13-11/h1,3,7,9H,2,4-5,8H2. The number of pyridine rings is 1. The quantitative estimate of drug-likeness (QED) is 0.571. The predicted octanol–water partition coefficient (Wildman–Crippen LogP) is 1.87. The number of hydrogen-bond donors (Lipinski definition) is 0.